The highest BCUT2D eigenvalue weighted by Crippen LogP contribution is 2.32. The van der Waals surface area contributed by atoms with Gasteiger partial charge in [0.1, 0.15) is 6.10 Å². The van der Waals surface area contributed by atoms with Gasteiger partial charge in [-0.1, -0.05) is 17.7 Å². The lowest BCUT2D eigenvalue weighted by Gasteiger charge is -2.24. The standard InChI is InChI=1S/C14H17ClN2O2.ClH/c15-10-2-3-11-9(7-10)1-4-12(11)17-14(18)13-8-16-5-6-19-13;/h2-3,7,12-13,16H,1,4-6,8H2,(H,17,18);1H. The molecular weight excluding hydrogens is 299 g/mol. The number of amides is 1. The fraction of sp³-hybridized carbons (Fsp3) is 0.500. The van der Waals surface area contributed by atoms with E-state index in [1.54, 1.807) is 0 Å². The number of rotatable bonds is 2. The van der Waals surface area contributed by atoms with Gasteiger partial charge in [0, 0.05) is 18.1 Å². The van der Waals surface area contributed by atoms with E-state index in [1.807, 2.05) is 18.2 Å². The zero-order valence-electron chi connectivity index (χ0n) is 11.0. The van der Waals surface area contributed by atoms with Gasteiger partial charge >= 0.3 is 0 Å². The third-order valence-corrected chi connectivity index (χ3v) is 3.95. The second kappa shape index (κ2) is 6.76. The summed E-state index contributed by atoms with van der Waals surface area (Å²) in [5.74, 6) is -0.0278. The zero-order chi connectivity index (χ0) is 13.2. The van der Waals surface area contributed by atoms with Gasteiger partial charge in [0.25, 0.3) is 5.91 Å². The Morgan fingerprint density at radius 2 is 2.30 bits per heavy atom. The molecule has 1 heterocycles. The van der Waals surface area contributed by atoms with Crippen LogP contribution in [0.4, 0.5) is 0 Å². The van der Waals surface area contributed by atoms with Crippen molar-refractivity contribution in [1.29, 1.82) is 0 Å². The van der Waals surface area contributed by atoms with Crippen molar-refractivity contribution in [2.24, 2.45) is 0 Å². The van der Waals surface area contributed by atoms with Crippen molar-refractivity contribution < 1.29 is 9.53 Å². The van der Waals surface area contributed by atoms with E-state index in [1.165, 1.54) is 11.1 Å². The predicted molar refractivity (Wildman–Crippen MR) is 80.5 cm³/mol. The van der Waals surface area contributed by atoms with Crippen molar-refractivity contribution >= 4 is 29.9 Å². The van der Waals surface area contributed by atoms with E-state index in [9.17, 15) is 4.79 Å². The maximum Gasteiger partial charge on any atom is 0.250 e. The topological polar surface area (TPSA) is 50.4 Å². The molecule has 2 unspecified atom stereocenters. The first kappa shape index (κ1) is 15.6. The molecule has 110 valence electrons. The minimum Gasteiger partial charge on any atom is -0.366 e. The van der Waals surface area contributed by atoms with Crippen molar-refractivity contribution in [1.82, 2.24) is 10.6 Å². The molecule has 1 aliphatic heterocycles. The summed E-state index contributed by atoms with van der Waals surface area (Å²) < 4.78 is 5.46. The summed E-state index contributed by atoms with van der Waals surface area (Å²) in [6, 6.07) is 5.96. The molecule has 1 amide bonds. The zero-order valence-corrected chi connectivity index (χ0v) is 12.6. The molecule has 0 saturated carbocycles. The van der Waals surface area contributed by atoms with Crippen LogP contribution in [0.15, 0.2) is 18.2 Å². The first-order valence-corrected chi connectivity index (χ1v) is 7.03. The number of ether oxygens (including phenoxy) is 1. The molecule has 6 heteroatoms. The van der Waals surface area contributed by atoms with Gasteiger partial charge in [-0.25, -0.2) is 0 Å². The molecule has 2 atom stereocenters. The lowest BCUT2D eigenvalue weighted by Crippen LogP contribution is -2.48. The van der Waals surface area contributed by atoms with Gasteiger partial charge in [-0.15, -0.1) is 12.4 Å². The number of carbonyl (C=O) groups is 1. The summed E-state index contributed by atoms with van der Waals surface area (Å²) in [5, 5.41) is 7.00. The minimum atomic E-state index is -0.370. The number of hydrogen-bond acceptors (Lipinski definition) is 3. The highest BCUT2D eigenvalue weighted by Gasteiger charge is 2.28. The molecule has 1 aromatic carbocycles. The molecule has 2 aliphatic rings. The fourth-order valence-electron chi connectivity index (χ4n) is 2.73. The molecule has 0 spiro atoms. The Bertz CT molecular complexity index is 490. The van der Waals surface area contributed by atoms with E-state index >= 15 is 0 Å². The number of carbonyl (C=O) groups excluding carboxylic acids is 1. The van der Waals surface area contributed by atoms with Crippen LogP contribution in [0.2, 0.25) is 5.02 Å². The highest BCUT2D eigenvalue weighted by atomic mass is 35.5. The van der Waals surface area contributed by atoms with Crippen molar-refractivity contribution in [3.8, 4) is 0 Å². The van der Waals surface area contributed by atoms with Crippen molar-refractivity contribution in [2.45, 2.75) is 25.0 Å². The average Bonchev–Trinajstić information content (AvgIpc) is 2.82. The third kappa shape index (κ3) is 3.26. The molecule has 4 nitrogen and oxygen atoms in total. The molecule has 0 aromatic heterocycles. The molecule has 1 aromatic rings. The normalized spacial score (nSPS) is 24.6. The van der Waals surface area contributed by atoms with E-state index in [2.05, 4.69) is 10.6 Å². The van der Waals surface area contributed by atoms with E-state index in [0.717, 1.165) is 24.4 Å². The van der Waals surface area contributed by atoms with Gasteiger partial charge in [-0.05, 0) is 36.1 Å². The summed E-state index contributed by atoms with van der Waals surface area (Å²) in [6.45, 7) is 2.00. The predicted octanol–water partition coefficient (Wildman–Crippen LogP) is 1.85. The van der Waals surface area contributed by atoms with Crippen LogP contribution in [-0.2, 0) is 16.0 Å². The Labute approximate surface area is 129 Å². The number of fused-ring (bicyclic) bond motifs is 1. The quantitative estimate of drug-likeness (QED) is 0.875. The van der Waals surface area contributed by atoms with Gasteiger partial charge in [0.15, 0.2) is 0 Å². The summed E-state index contributed by atoms with van der Waals surface area (Å²) >= 11 is 5.98. The summed E-state index contributed by atoms with van der Waals surface area (Å²) in [5.41, 5.74) is 2.42. The first-order chi connectivity index (χ1) is 9.24. The highest BCUT2D eigenvalue weighted by molar-refractivity contribution is 6.30. The molecule has 3 rings (SSSR count). The van der Waals surface area contributed by atoms with E-state index < -0.39 is 0 Å². The number of morpholine rings is 1. The maximum absolute atomic E-state index is 12.1. The Kier molecular flexibility index (Phi) is 5.27. The van der Waals surface area contributed by atoms with Gasteiger partial charge in [-0.3, -0.25) is 4.79 Å². The van der Waals surface area contributed by atoms with Crippen LogP contribution < -0.4 is 10.6 Å². The first-order valence-electron chi connectivity index (χ1n) is 6.65. The van der Waals surface area contributed by atoms with Crippen LogP contribution in [0.3, 0.4) is 0 Å². The minimum absolute atomic E-state index is 0. The third-order valence-electron chi connectivity index (χ3n) is 3.72. The largest absolute Gasteiger partial charge is 0.366 e. The molecule has 1 aliphatic carbocycles. The molecule has 2 N–H and O–H groups in total. The van der Waals surface area contributed by atoms with Crippen LogP contribution in [-0.4, -0.2) is 31.7 Å². The fourth-order valence-corrected chi connectivity index (χ4v) is 2.93. The number of benzene rings is 1. The monoisotopic (exact) mass is 316 g/mol. The van der Waals surface area contributed by atoms with Gasteiger partial charge in [0.05, 0.1) is 12.6 Å². The van der Waals surface area contributed by atoms with Gasteiger partial charge < -0.3 is 15.4 Å². The van der Waals surface area contributed by atoms with Crippen molar-refractivity contribution in [3.05, 3.63) is 34.3 Å². The molecule has 1 saturated heterocycles. The number of hydrogen-bond donors (Lipinski definition) is 2. The Morgan fingerprint density at radius 1 is 1.45 bits per heavy atom. The average molecular weight is 317 g/mol. The van der Waals surface area contributed by atoms with Gasteiger partial charge in [-0.2, -0.15) is 0 Å². The maximum atomic E-state index is 12.1. The SMILES string of the molecule is Cl.O=C(NC1CCc2cc(Cl)ccc21)C1CNCCO1. The number of aryl methyl sites for hydroxylation is 1. The summed E-state index contributed by atoms with van der Waals surface area (Å²) in [7, 11) is 0. The lowest BCUT2D eigenvalue weighted by molar-refractivity contribution is -0.135. The second-order valence-corrected chi connectivity index (χ2v) is 5.44. The van der Waals surface area contributed by atoms with Crippen molar-refractivity contribution in [3.63, 3.8) is 0 Å². The summed E-state index contributed by atoms with van der Waals surface area (Å²) in [4.78, 5) is 12.1. The number of nitrogens with one attached hydrogen (secondary N) is 2. The lowest BCUT2D eigenvalue weighted by atomic mass is 10.1. The Morgan fingerprint density at radius 3 is 3.05 bits per heavy atom. The number of halogens is 2. The smallest absolute Gasteiger partial charge is 0.250 e. The van der Waals surface area contributed by atoms with Crippen LogP contribution in [0.25, 0.3) is 0 Å². The van der Waals surface area contributed by atoms with Crippen LogP contribution >= 0.6 is 24.0 Å². The van der Waals surface area contributed by atoms with E-state index in [0.29, 0.717) is 13.2 Å². The van der Waals surface area contributed by atoms with Crippen LogP contribution in [0.1, 0.15) is 23.6 Å². The molecule has 0 bridgehead atoms. The van der Waals surface area contributed by atoms with Gasteiger partial charge in [0.2, 0.25) is 0 Å². The second-order valence-electron chi connectivity index (χ2n) is 5.01. The van der Waals surface area contributed by atoms with E-state index in [-0.39, 0.29) is 30.5 Å². The van der Waals surface area contributed by atoms with Crippen LogP contribution in [0.5, 0.6) is 0 Å². The molecule has 0 radical (unpaired) electrons. The van der Waals surface area contributed by atoms with Crippen LogP contribution in [0, 0.1) is 0 Å². The summed E-state index contributed by atoms with van der Waals surface area (Å²) in [6.07, 6.45) is 1.52. The van der Waals surface area contributed by atoms with Crippen molar-refractivity contribution in [2.75, 3.05) is 19.7 Å². The Balaban J connectivity index is 0.00000147. The Hall–Kier alpha value is -0.810. The molecule has 20 heavy (non-hydrogen) atoms. The molecule has 1 fully saturated rings. The van der Waals surface area contributed by atoms with E-state index in [4.69, 9.17) is 16.3 Å². The molecular formula is C14H18Cl2N2O2.